The first-order valence-electron chi connectivity index (χ1n) is 5.33. The molecule has 0 aromatic heterocycles. The molecule has 0 spiro atoms. The Hall–Kier alpha value is -1.15. The van der Waals surface area contributed by atoms with Crippen molar-refractivity contribution in [2.75, 3.05) is 13.6 Å². The van der Waals surface area contributed by atoms with Crippen LogP contribution in [0.4, 0.5) is 0 Å². The Labute approximate surface area is 116 Å². The third-order valence-electron chi connectivity index (χ3n) is 2.40. The van der Waals surface area contributed by atoms with Crippen LogP contribution >= 0.6 is 11.6 Å². The van der Waals surface area contributed by atoms with Gasteiger partial charge in [0, 0.05) is 13.6 Å². The number of aliphatic hydroxyl groups is 1. The number of rotatable bonds is 5. The fourth-order valence-electron chi connectivity index (χ4n) is 1.48. The Bertz CT molecular complexity index is 585. The van der Waals surface area contributed by atoms with Crippen molar-refractivity contribution < 1.29 is 23.4 Å². The number of likely N-dealkylation sites (N-methyl/N-ethyl adjacent to an activating group) is 1. The van der Waals surface area contributed by atoms with Gasteiger partial charge in [-0.25, -0.2) is 13.2 Å². The molecule has 8 heteroatoms. The molecule has 6 nitrogen and oxygen atoms in total. The summed E-state index contributed by atoms with van der Waals surface area (Å²) < 4.78 is 25.2. The van der Waals surface area contributed by atoms with Crippen LogP contribution in [-0.2, 0) is 10.0 Å². The Morgan fingerprint density at radius 1 is 1.47 bits per heavy atom. The quantitative estimate of drug-likeness (QED) is 0.847. The monoisotopic (exact) mass is 307 g/mol. The van der Waals surface area contributed by atoms with Gasteiger partial charge in [-0.2, -0.15) is 4.31 Å². The molecule has 2 N–H and O–H groups in total. The van der Waals surface area contributed by atoms with Crippen LogP contribution in [0.25, 0.3) is 0 Å². The second-order valence-corrected chi connectivity index (χ2v) is 6.53. The summed E-state index contributed by atoms with van der Waals surface area (Å²) in [6.45, 7) is 1.37. The number of nitrogens with zero attached hydrogens (tertiary/aromatic N) is 1. The van der Waals surface area contributed by atoms with Crippen LogP contribution in [0.1, 0.15) is 17.3 Å². The summed E-state index contributed by atoms with van der Waals surface area (Å²) in [5.74, 6) is -1.31. The van der Waals surface area contributed by atoms with Gasteiger partial charge in [-0.3, -0.25) is 0 Å². The topological polar surface area (TPSA) is 94.9 Å². The standard InChI is InChI=1S/C11H14ClNO5S/c1-7(14)6-13(2)19(17,18)8-3-4-10(12)9(5-8)11(15)16/h3-5,7,14H,6H2,1-2H3,(H,15,16). The van der Waals surface area contributed by atoms with Gasteiger partial charge in [0.2, 0.25) is 10.0 Å². The van der Waals surface area contributed by atoms with Crippen LogP contribution < -0.4 is 0 Å². The van der Waals surface area contributed by atoms with Gasteiger partial charge in [0.25, 0.3) is 0 Å². The van der Waals surface area contributed by atoms with Gasteiger partial charge in [-0.1, -0.05) is 11.6 Å². The van der Waals surface area contributed by atoms with Crippen LogP contribution in [-0.4, -0.2) is 48.6 Å². The highest BCUT2D eigenvalue weighted by Crippen LogP contribution is 2.22. The number of hydrogen-bond acceptors (Lipinski definition) is 4. The van der Waals surface area contributed by atoms with Crippen molar-refractivity contribution in [3.63, 3.8) is 0 Å². The predicted molar refractivity (Wildman–Crippen MR) is 69.9 cm³/mol. The number of halogens is 1. The highest BCUT2D eigenvalue weighted by molar-refractivity contribution is 7.89. The molecule has 0 aliphatic rings. The van der Waals surface area contributed by atoms with Gasteiger partial charge < -0.3 is 10.2 Å². The largest absolute Gasteiger partial charge is 0.478 e. The first-order valence-corrected chi connectivity index (χ1v) is 7.15. The zero-order valence-electron chi connectivity index (χ0n) is 10.4. The minimum atomic E-state index is -3.86. The van der Waals surface area contributed by atoms with Crippen molar-refractivity contribution in [2.45, 2.75) is 17.9 Å². The number of carboxylic acids is 1. The fourth-order valence-corrected chi connectivity index (χ4v) is 2.96. The molecule has 0 bridgehead atoms. The lowest BCUT2D eigenvalue weighted by atomic mass is 10.2. The van der Waals surface area contributed by atoms with E-state index in [0.29, 0.717) is 0 Å². The van der Waals surface area contributed by atoms with E-state index in [1.165, 1.54) is 26.1 Å². The lowest BCUT2D eigenvalue weighted by molar-refractivity contribution is 0.0696. The van der Waals surface area contributed by atoms with Gasteiger partial charge in [0.05, 0.1) is 21.6 Å². The van der Waals surface area contributed by atoms with Crippen LogP contribution in [0, 0.1) is 0 Å². The molecule has 106 valence electrons. The molecule has 0 saturated carbocycles. The molecule has 0 aliphatic carbocycles. The number of carboxylic acid groups (broad SMARTS) is 1. The number of aromatic carboxylic acids is 1. The molecule has 0 radical (unpaired) electrons. The van der Waals surface area contributed by atoms with Crippen molar-refractivity contribution in [2.24, 2.45) is 0 Å². The average molecular weight is 308 g/mol. The summed E-state index contributed by atoms with van der Waals surface area (Å²) in [5.41, 5.74) is -0.284. The number of aliphatic hydroxyl groups excluding tert-OH is 1. The Kier molecular flexibility index (Phi) is 4.92. The third kappa shape index (κ3) is 3.66. The van der Waals surface area contributed by atoms with E-state index in [1.807, 2.05) is 0 Å². The molecule has 0 heterocycles. The summed E-state index contributed by atoms with van der Waals surface area (Å²) in [6, 6.07) is 3.44. The molecular weight excluding hydrogens is 294 g/mol. The van der Waals surface area contributed by atoms with Gasteiger partial charge in [0.15, 0.2) is 0 Å². The maximum atomic E-state index is 12.1. The van der Waals surface area contributed by atoms with E-state index in [0.717, 1.165) is 10.4 Å². The lowest BCUT2D eigenvalue weighted by Gasteiger charge is -2.18. The zero-order valence-corrected chi connectivity index (χ0v) is 11.9. The first kappa shape index (κ1) is 15.9. The number of benzene rings is 1. The molecule has 19 heavy (non-hydrogen) atoms. The molecule has 1 aromatic rings. The van der Waals surface area contributed by atoms with E-state index < -0.39 is 22.1 Å². The molecular formula is C11H14ClNO5S. The highest BCUT2D eigenvalue weighted by atomic mass is 35.5. The van der Waals surface area contributed by atoms with Crippen molar-refractivity contribution >= 4 is 27.6 Å². The van der Waals surface area contributed by atoms with Gasteiger partial charge in [-0.05, 0) is 25.1 Å². The summed E-state index contributed by atoms with van der Waals surface area (Å²) in [5, 5.41) is 18.1. The minimum absolute atomic E-state index is 0.0374. The number of sulfonamides is 1. The predicted octanol–water partition coefficient (Wildman–Crippen LogP) is 1.04. The van der Waals surface area contributed by atoms with E-state index >= 15 is 0 Å². The van der Waals surface area contributed by atoms with Crippen LogP contribution in [0.5, 0.6) is 0 Å². The maximum absolute atomic E-state index is 12.1. The molecule has 0 saturated heterocycles. The SMILES string of the molecule is CC(O)CN(C)S(=O)(=O)c1ccc(Cl)c(C(=O)O)c1. The third-order valence-corrected chi connectivity index (χ3v) is 4.55. The molecule has 1 rings (SSSR count). The second kappa shape index (κ2) is 5.87. The van der Waals surface area contributed by atoms with Crippen LogP contribution in [0.3, 0.4) is 0 Å². The lowest BCUT2D eigenvalue weighted by Crippen LogP contribution is -2.33. The molecule has 0 amide bonds. The molecule has 1 atom stereocenters. The summed E-state index contributed by atoms with van der Waals surface area (Å²) in [4.78, 5) is 10.7. The number of carbonyl (C=O) groups is 1. The van der Waals surface area contributed by atoms with E-state index in [1.54, 1.807) is 0 Å². The second-order valence-electron chi connectivity index (χ2n) is 4.08. The first-order chi connectivity index (χ1) is 8.66. The minimum Gasteiger partial charge on any atom is -0.478 e. The van der Waals surface area contributed by atoms with Crippen LogP contribution in [0.2, 0.25) is 5.02 Å². The summed E-state index contributed by atoms with van der Waals surface area (Å²) >= 11 is 5.68. The van der Waals surface area contributed by atoms with Gasteiger partial charge in [0.1, 0.15) is 0 Å². The maximum Gasteiger partial charge on any atom is 0.337 e. The Morgan fingerprint density at radius 2 is 2.05 bits per heavy atom. The Balaban J connectivity index is 3.22. The van der Waals surface area contributed by atoms with Crippen molar-refractivity contribution in [3.05, 3.63) is 28.8 Å². The summed E-state index contributed by atoms with van der Waals surface area (Å²) in [6.07, 6.45) is -0.828. The van der Waals surface area contributed by atoms with Gasteiger partial charge >= 0.3 is 5.97 Å². The molecule has 1 aromatic carbocycles. The number of hydrogen-bond donors (Lipinski definition) is 2. The van der Waals surface area contributed by atoms with Gasteiger partial charge in [-0.15, -0.1) is 0 Å². The smallest absolute Gasteiger partial charge is 0.337 e. The fraction of sp³-hybridized carbons (Fsp3) is 0.364. The molecule has 1 unspecified atom stereocenters. The van der Waals surface area contributed by atoms with Crippen LogP contribution in [0.15, 0.2) is 23.1 Å². The summed E-state index contributed by atoms with van der Waals surface area (Å²) in [7, 11) is -2.55. The van der Waals surface area contributed by atoms with E-state index in [9.17, 15) is 18.3 Å². The molecule has 0 aliphatic heterocycles. The van der Waals surface area contributed by atoms with Crippen molar-refractivity contribution in [1.82, 2.24) is 4.31 Å². The van der Waals surface area contributed by atoms with Crippen molar-refractivity contribution in [1.29, 1.82) is 0 Å². The van der Waals surface area contributed by atoms with Crippen molar-refractivity contribution in [3.8, 4) is 0 Å². The average Bonchev–Trinajstić information content (AvgIpc) is 2.27. The van der Waals surface area contributed by atoms with E-state index in [2.05, 4.69) is 0 Å². The zero-order chi connectivity index (χ0) is 14.8. The highest BCUT2D eigenvalue weighted by Gasteiger charge is 2.23. The normalized spacial score (nSPS) is 13.5. The van der Waals surface area contributed by atoms with E-state index in [-0.39, 0.29) is 22.0 Å². The molecule has 0 fully saturated rings. The van der Waals surface area contributed by atoms with E-state index in [4.69, 9.17) is 16.7 Å². The Morgan fingerprint density at radius 3 is 2.53 bits per heavy atom.